The summed E-state index contributed by atoms with van der Waals surface area (Å²) in [4.78, 5) is 0. The predicted octanol–water partition coefficient (Wildman–Crippen LogP) is 4.36. The Morgan fingerprint density at radius 1 is 1.09 bits per heavy atom. The van der Waals surface area contributed by atoms with E-state index in [0.29, 0.717) is 28.3 Å². The number of aliphatic hydroxyl groups is 1. The van der Waals surface area contributed by atoms with E-state index in [1.54, 1.807) is 23.9 Å². The van der Waals surface area contributed by atoms with E-state index in [-0.39, 0.29) is 0 Å². The SMILES string of the molecule is O[C@H](CSCc1nnc(-c2cccc(Cl)c2)o1)c1ccccc1. The van der Waals surface area contributed by atoms with E-state index in [4.69, 9.17) is 16.0 Å². The minimum absolute atomic E-state index is 0.451. The third kappa shape index (κ3) is 4.34. The van der Waals surface area contributed by atoms with Crippen LogP contribution in [0.1, 0.15) is 17.6 Å². The molecule has 0 amide bonds. The van der Waals surface area contributed by atoms with E-state index in [1.165, 1.54) is 0 Å². The van der Waals surface area contributed by atoms with Crippen LogP contribution in [0.5, 0.6) is 0 Å². The van der Waals surface area contributed by atoms with Gasteiger partial charge in [-0.2, -0.15) is 0 Å². The quantitative estimate of drug-likeness (QED) is 0.718. The van der Waals surface area contributed by atoms with Gasteiger partial charge in [-0.3, -0.25) is 0 Å². The van der Waals surface area contributed by atoms with Gasteiger partial charge in [0.1, 0.15) is 0 Å². The number of nitrogens with zero attached hydrogens (tertiary/aromatic N) is 2. The van der Waals surface area contributed by atoms with Crippen molar-refractivity contribution in [1.82, 2.24) is 10.2 Å². The van der Waals surface area contributed by atoms with Crippen molar-refractivity contribution in [3.05, 3.63) is 71.1 Å². The summed E-state index contributed by atoms with van der Waals surface area (Å²) in [6.07, 6.45) is -0.503. The Kier molecular flexibility index (Phi) is 5.33. The molecule has 3 aromatic rings. The lowest BCUT2D eigenvalue weighted by Gasteiger charge is -2.09. The standard InChI is InChI=1S/C17H15ClN2O2S/c18-14-8-4-7-13(9-14)17-20-19-16(22-17)11-23-10-15(21)12-5-2-1-3-6-12/h1-9,15,21H,10-11H2/t15-/m1/s1. The summed E-state index contributed by atoms with van der Waals surface area (Å²) in [7, 11) is 0. The van der Waals surface area contributed by atoms with Crippen LogP contribution < -0.4 is 0 Å². The molecular weight excluding hydrogens is 332 g/mol. The Balaban J connectivity index is 1.55. The fourth-order valence-electron chi connectivity index (χ4n) is 2.08. The van der Waals surface area contributed by atoms with Crippen LogP contribution in [0.15, 0.2) is 59.0 Å². The zero-order valence-electron chi connectivity index (χ0n) is 12.2. The Bertz CT molecular complexity index is 764. The van der Waals surface area contributed by atoms with Gasteiger partial charge in [0.25, 0.3) is 0 Å². The second kappa shape index (κ2) is 7.64. The van der Waals surface area contributed by atoms with Gasteiger partial charge in [0.2, 0.25) is 11.8 Å². The highest BCUT2D eigenvalue weighted by molar-refractivity contribution is 7.98. The van der Waals surface area contributed by atoms with Crippen molar-refractivity contribution < 1.29 is 9.52 Å². The first kappa shape index (κ1) is 16.1. The predicted molar refractivity (Wildman–Crippen MR) is 92.3 cm³/mol. The van der Waals surface area contributed by atoms with Gasteiger partial charge in [0.15, 0.2) is 0 Å². The van der Waals surface area contributed by atoms with Crippen LogP contribution in [0.4, 0.5) is 0 Å². The van der Waals surface area contributed by atoms with Gasteiger partial charge >= 0.3 is 0 Å². The Morgan fingerprint density at radius 2 is 1.91 bits per heavy atom. The normalized spacial score (nSPS) is 12.3. The molecular formula is C17H15ClN2O2S. The van der Waals surface area contributed by atoms with Gasteiger partial charge in [-0.05, 0) is 23.8 Å². The molecule has 1 heterocycles. The van der Waals surface area contributed by atoms with E-state index in [1.807, 2.05) is 42.5 Å². The maximum atomic E-state index is 10.1. The van der Waals surface area contributed by atoms with Gasteiger partial charge < -0.3 is 9.52 Å². The molecule has 0 unspecified atom stereocenters. The van der Waals surface area contributed by atoms with Crippen molar-refractivity contribution in [3.63, 3.8) is 0 Å². The number of aliphatic hydroxyl groups excluding tert-OH is 1. The van der Waals surface area contributed by atoms with Crippen LogP contribution in [0, 0.1) is 0 Å². The van der Waals surface area contributed by atoms with E-state index in [9.17, 15) is 5.11 Å². The van der Waals surface area contributed by atoms with Crippen LogP contribution in [-0.4, -0.2) is 21.1 Å². The lowest BCUT2D eigenvalue weighted by molar-refractivity contribution is 0.204. The molecule has 0 aliphatic rings. The molecule has 0 saturated heterocycles. The molecule has 23 heavy (non-hydrogen) atoms. The zero-order chi connectivity index (χ0) is 16.1. The highest BCUT2D eigenvalue weighted by Crippen LogP contribution is 2.24. The minimum Gasteiger partial charge on any atom is -0.420 e. The van der Waals surface area contributed by atoms with Crippen LogP contribution in [0.25, 0.3) is 11.5 Å². The van der Waals surface area contributed by atoms with Crippen molar-refractivity contribution in [3.8, 4) is 11.5 Å². The van der Waals surface area contributed by atoms with Crippen molar-refractivity contribution in [2.75, 3.05) is 5.75 Å². The number of rotatable bonds is 6. The first-order valence-corrected chi connectivity index (χ1v) is 8.65. The molecule has 0 bridgehead atoms. The van der Waals surface area contributed by atoms with Crippen LogP contribution in [0.2, 0.25) is 5.02 Å². The fraction of sp³-hybridized carbons (Fsp3) is 0.176. The van der Waals surface area contributed by atoms with Crippen molar-refractivity contribution >= 4 is 23.4 Å². The fourth-order valence-corrected chi connectivity index (χ4v) is 3.09. The number of hydrogen-bond donors (Lipinski definition) is 1. The zero-order valence-corrected chi connectivity index (χ0v) is 13.8. The Morgan fingerprint density at radius 3 is 2.70 bits per heavy atom. The van der Waals surface area contributed by atoms with E-state index in [0.717, 1.165) is 11.1 Å². The summed E-state index contributed by atoms with van der Waals surface area (Å²) < 4.78 is 5.63. The van der Waals surface area contributed by atoms with E-state index in [2.05, 4.69) is 10.2 Å². The highest BCUT2D eigenvalue weighted by atomic mass is 35.5. The number of aromatic nitrogens is 2. The summed E-state index contributed by atoms with van der Waals surface area (Å²) in [5.41, 5.74) is 1.70. The highest BCUT2D eigenvalue weighted by Gasteiger charge is 2.11. The van der Waals surface area contributed by atoms with E-state index >= 15 is 0 Å². The van der Waals surface area contributed by atoms with Crippen molar-refractivity contribution in [2.45, 2.75) is 11.9 Å². The monoisotopic (exact) mass is 346 g/mol. The minimum atomic E-state index is -0.503. The molecule has 1 aromatic heterocycles. The van der Waals surface area contributed by atoms with Gasteiger partial charge in [-0.1, -0.05) is 48.0 Å². The topological polar surface area (TPSA) is 59.2 Å². The molecule has 0 aliphatic heterocycles. The number of halogens is 1. The summed E-state index contributed by atoms with van der Waals surface area (Å²) in [5, 5.41) is 18.8. The van der Waals surface area contributed by atoms with Gasteiger partial charge in [0.05, 0.1) is 11.9 Å². The smallest absolute Gasteiger partial charge is 0.247 e. The number of hydrogen-bond acceptors (Lipinski definition) is 5. The summed E-state index contributed by atoms with van der Waals surface area (Å²) >= 11 is 7.51. The molecule has 0 radical (unpaired) electrons. The van der Waals surface area contributed by atoms with Crippen LogP contribution in [0.3, 0.4) is 0 Å². The second-order valence-corrected chi connectivity index (χ2v) is 6.42. The van der Waals surface area contributed by atoms with E-state index < -0.39 is 6.10 Å². The molecule has 0 aliphatic carbocycles. The average Bonchev–Trinajstić information content (AvgIpc) is 3.04. The summed E-state index contributed by atoms with van der Waals surface area (Å²) in [5.74, 6) is 2.10. The van der Waals surface area contributed by atoms with Crippen LogP contribution in [-0.2, 0) is 5.75 Å². The summed E-state index contributed by atoms with van der Waals surface area (Å²) in [6.45, 7) is 0. The second-order valence-electron chi connectivity index (χ2n) is 4.95. The number of thioether (sulfide) groups is 1. The maximum absolute atomic E-state index is 10.1. The van der Waals surface area contributed by atoms with Gasteiger partial charge in [-0.25, -0.2) is 0 Å². The molecule has 1 N–H and O–H groups in total. The molecule has 1 atom stereocenters. The van der Waals surface area contributed by atoms with Crippen molar-refractivity contribution in [2.24, 2.45) is 0 Å². The first-order valence-electron chi connectivity index (χ1n) is 7.11. The van der Waals surface area contributed by atoms with Crippen molar-refractivity contribution in [1.29, 1.82) is 0 Å². The molecule has 4 nitrogen and oxygen atoms in total. The third-order valence-corrected chi connectivity index (χ3v) is 4.46. The summed E-state index contributed by atoms with van der Waals surface area (Å²) in [6, 6.07) is 16.9. The maximum Gasteiger partial charge on any atom is 0.247 e. The Hall–Kier alpha value is -1.82. The Labute approximate surface area is 143 Å². The molecule has 0 fully saturated rings. The largest absolute Gasteiger partial charge is 0.420 e. The van der Waals surface area contributed by atoms with Crippen LogP contribution >= 0.6 is 23.4 Å². The first-order chi connectivity index (χ1) is 11.2. The van der Waals surface area contributed by atoms with Gasteiger partial charge in [0, 0.05) is 16.3 Å². The lowest BCUT2D eigenvalue weighted by Crippen LogP contribution is -2.00. The molecule has 0 spiro atoms. The van der Waals surface area contributed by atoms with Gasteiger partial charge in [-0.15, -0.1) is 22.0 Å². The average molecular weight is 347 g/mol. The molecule has 6 heteroatoms. The molecule has 118 valence electrons. The number of benzene rings is 2. The molecule has 2 aromatic carbocycles. The molecule has 0 saturated carbocycles. The third-order valence-electron chi connectivity index (χ3n) is 3.22. The lowest BCUT2D eigenvalue weighted by atomic mass is 10.1. The molecule has 3 rings (SSSR count).